The Morgan fingerprint density at radius 1 is 1.21 bits per heavy atom. The molecule has 0 saturated carbocycles. The molecule has 2 aromatic rings. The van der Waals surface area contributed by atoms with Crippen molar-refractivity contribution in [1.82, 2.24) is 9.80 Å². The van der Waals surface area contributed by atoms with Gasteiger partial charge in [0.2, 0.25) is 0 Å². The molecule has 5 rings (SSSR count). The van der Waals surface area contributed by atoms with Gasteiger partial charge in [0.15, 0.2) is 11.6 Å². The molecular formula is C24H27F3IN3O3. The molecule has 2 aromatic carbocycles. The SMILES string of the molecule is COC[C@@H]1CCCN1CC1(O)CN(C2OC2c2ccc(F)c(F)c2Nc2ccc(I)cc2F)C1. The van der Waals surface area contributed by atoms with Crippen LogP contribution in [0.2, 0.25) is 0 Å². The van der Waals surface area contributed by atoms with Crippen LogP contribution >= 0.6 is 22.6 Å². The predicted molar refractivity (Wildman–Crippen MR) is 129 cm³/mol. The van der Waals surface area contributed by atoms with Crippen molar-refractivity contribution in [3.05, 3.63) is 56.9 Å². The average Bonchev–Trinajstić information content (AvgIpc) is 3.44. The van der Waals surface area contributed by atoms with Gasteiger partial charge in [-0.2, -0.15) is 0 Å². The number of halogens is 4. The molecule has 0 aromatic heterocycles. The van der Waals surface area contributed by atoms with Crippen LogP contribution in [0.3, 0.4) is 0 Å². The molecule has 0 amide bonds. The molecule has 2 unspecified atom stereocenters. The lowest BCUT2D eigenvalue weighted by Crippen LogP contribution is -2.67. The lowest BCUT2D eigenvalue weighted by atomic mass is 9.92. The summed E-state index contributed by atoms with van der Waals surface area (Å²) in [6, 6.07) is 7.31. The number of benzene rings is 2. The molecule has 34 heavy (non-hydrogen) atoms. The standard InChI is InChI=1S/C24H27F3IN3O3/c1-33-10-15-3-2-8-30(15)11-24(32)12-31(13-24)23-22(34-23)16-5-6-17(25)20(27)21(16)29-19-7-4-14(28)9-18(19)26/h4-7,9,15,22-23,29,32H,2-3,8,10-13H2,1H3/t15-,22?,23?/m0/s1. The first kappa shape index (κ1) is 24.3. The minimum absolute atomic E-state index is 0.0536. The van der Waals surface area contributed by atoms with Crippen molar-refractivity contribution in [2.45, 2.75) is 36.8 Å². The summed E-state index contributed by atoms with van der Waals surface area (Å²) in [5.41, 5.74) is -0.510. The van der Waals surface area contributed by atoms with Crippen molar-refractivity contribution < 1.29 is 27.8 Å². The van der Waals surface area contributed by atoms with E-state index >= 15 is 0 Å². The molecule has 2 N–H and O–H groups in total. The molecule has 0 bridgehead atoms. The fourth-order valence-corrected chi connectivity index (χ4v) is 5.57. The van der Waals surface area contributed by atoms with Gasteiger partial charge in [0.1, 0.15) is 23.8 Å². The van der Waals surface area contributed by atoms with Gasteiger partial charge in [-0.25, -0.2) is 13.2 Å². The molecule has 10 heteroatoms. The predicted octanol–water partition coefficient (Wildman–Crippen LogP) is 4.01. The molecule has 6 nitrogen and oxygen atoms in total. The topological polar surface area (TPSA) is 60.5 Å². The van der Waals surface area contributed by atoms with E-state index in [-0.39, 0.29) is 17.6 Å². The summed E-state index contributed by atoms with van der Waals surface area (Å²) in [6.45, 7) is 3.03. The molecule has 3 saturated heterocycles. The summed E-state index contributed by atoms with van der Waals surface area (Å²) < 4.78 is 54.9. The Kier molecular flexibility index (Phi) is 6.81. The Morgan fingerprint density at radius 3 is 2.74 bits per heavy atom. The fourth-order valence-electron chi connectivity index (χ4n) is 5.12. The number of hydrogen-bond donors (Lipinski definition) is 2. The zero-order chi connectivity index (χ0) is 24.0. The minimum atomic E-state index is -1.08. The van der Waals surface area contributed by atoms with Gasteiger partial charge >= 0.3 is 0 Å². The van der Waals surface area contributed by atoms with Gasteiger partial charge in [0.05, 0.1) is 18.0 Å². The number of likely N-dealkylation sites (tertiary alicyclic amines) is 2. The van der Waals surface area contributed by atoms with Crippen molar-refractivity contribution in [1.29, 1.82) is 0 Å². The van der Waals surface area contributed by atoms with Crippen LogP contribution in [-0.4, -0.2) is 72.7 Å². The number of ether oxygens (including phenoxy) is 2. The van der Waals surface area contributed by atoms with Gasteiger partial charge in [0, 0.05) is 41.9 Å². The van der Waals surface area contributed by atoms with E-state index in [0.29, 0.717) is 41.4 Å². The molecule has 3 heterocycles. The molecule has 3 aliphatic rings. The summed E-state index contributed by atoms with van der Waals surface area (Å²) in [5, 5.41) is 13.7. The molecule has 3 aliphatic heterocycles. The van der Waals surface area contributed by atoms with E-state index in [1.807, 2.05) is 27.5 Å². The second kappa shape index (κ2) is 9.55. The van der Waals surface area contributed by atoms with E-state index in [2.05, 4.69) is 10.2 Å². The van der Waals surface area contributed by atoms with Crippen LogP contribution in [0.4, 0.5) is 24.5 Å². The first-order valence-corrected chi connectivity index (χ1v) is 12.4. The number of methoxy groups -OCH3 is 1. The van der Waals surface area contributed by atoms with Crippen LogP contribution in [0, 0.1) is 21.0 Å². The quantitative estimate of drug-likeness (QED) is 0.359. The Hall–Kier alpha value is -1.44. The molecule has 184 valence electrons. The smallest absolute Gasteiger partial charge is 0.182 e. The first-order chi connectivity index (χ1) is 16.3. The lowest BCUT2D eigenvalue weighted by Gasteiger charge is -2.48. The number of nitrogens with one attached hydrogen (secondary N) is 1. The largest absolute Gasteiger partial charge is 0.386 e. The summed E-state index contributed by atoms with van der Waals surface area (Å²) in [4.78, 5) is 4.27. The number of rotatable bonds is 8. The minimum Gasteiger partial charge on any atom is -0.386 e. The highest BCUT2D eigenvalue weighted by atomic mass is 127. The van der Waals surface area contributed by atoms with E-state index in [1.54, 1.807) is 13.2 Å². The average molecular weight is 589 g/mol. The summed E-state index contributed by atoms with van der Waals surface area (Å²) in [5.74, 6) is -2.66. The monoisotopic (exact) mass is 589 g/mol. The van der Waals surface area contributed by atoms with Gasteiger partial charge in [-0.3, -0.25) is 9.80 Å². The van der Waals surface area contributed by atoms with E-state index in [0.717, 1.165) is 25.5 Å². The fraction of sp³-hybridized carbons (Fsp3) is 0.500. The van der Waals surface area contributed by atoms with Crippen LogP contribution in [0.15, 0.2) is 30.3 Å². The number of aliphatic hydroxyl groups is 1. The highest BCUT2D eigenvalue weighted by molar-refractivity contribution is 14.1. The molecule has 0 spiro atoms. The second-order valence-corrected chi connectivity index (χ2v) is 10.6. The molecular weight excluding hydrogens is 562 g/mol. The summed E-state index contributed by atoms with van der Waals surface area (Å²) in [7, 11) is 1.69. The van der Waals surface area contributed by atoms with Gasteiger partial charge < -0.3 is 19.9 Å². The van der Waals surface area contributed by atoms with Crippen molar-refractivity contribution in [3.8, 4) is 0 Å². The summed E-state index contributed by atoms with van der Waals surface area (Å²) in [6.07, 6.45) is 1.31. The maximum Gasteiger partial charge on any atom is 0.182 e. The van der Waals surface area contributed by atoms with E-state index < -0.39 is 29.2 Å². The van der Waals surface area contributed by atoms with Gasteiger partial charge in [-0.15, -0.1) is 0 Å². The van der Waals surface area contributed by atoms with Crippen LogP contribution in [0.1, 0.15) is 24.5 Å². The number of epoxide rings is 1. The third-order valence-corrected chi connectivity index (χ3v) is 7.47. The Bertz CT molecular complexity index is 1070. The number of β-amino-alcohol motifs (C(OH)–C–C–N with tert-alkyl or cyclic N) is 1. The van der Waals surface area contributed by atoms with Crippen LogP contribution in [0.5, 0.6) is 0 Å². The highest BCUT2D eigenvalue weighted by Crippen LogP contribution is 2.48. The van der Waals surface area contributed by atoms with Crippen LogP contribution < -0.4 is 5.32 Å². The van der Waals surface area contributed by atoms with Crippen molar-refractivity contribution in [2.24, 2.45) is 0 Å². The van der Waals surface area contributed by atoms with Crippen molar-refractivity contribution in [2.75, 3.05) is 45.2 Å². The lowest BCUT2D eigenvalue weighted by molar-refractivity contribution is -0.130. The number of anilines is 2. The van der Waals surface area contributed by atoms with Crippen molar-refractivity contribution in [3.63, 3.8) is 0 Å². The normalized spacial score (nSPS) is 26.5. The third kappa shape index (κ3) is 4.80. The zero-order valence-electron chi connectivity index (χ0n) is 18.7. The maximum absolute atomic E-state index is 14.7. The van der Waals surface area contributed by atoms with Gasteiger partial charge in [0.25, 0.3) is 0 Å². The second-order valence-electron chi connectivity index (χ2n) is 9.37. The third-order valence-electron chi connectivity index (χ3n) is 6.80. The van der Waals surface area contributed by atoms with Crippen molar-refractivity contribution >= 4 is 34.0 Å². The molecule has 0 aliphatic carbocycles. The Morgan fingerprint density at radius 2 is 2.00 bits per heavy atom. The van der Waals surface area contributed by atoms with Gasteiger partial charge in [-0.1, -0.05) is 6.07 Å². The Balaban J connectivity index is 1.26. The highest BCUT2D eigenvalue weighted by Gasteiger charge is 2.55. The van der Waals surface area contributed by atoms with Crippen LogP contribution in [-0.2, 0) is 9.47 Å². The van der Waals surface area contributed by atoms with Gasteiger partial charge in [-0.05, 0) is 66.2 Å². The maximum atomic E-state index is 14.7. The number of hydrogen-bond acceptors (Lipinski definition) is 6. The van der Waals surface area contributed by atoms with E-state index in [4.69, 9.17) is 9.47 Å². The van der Waals surface area contributed by atoms with Crippen LogP contribution in [0.25, 0.3) is 0 Å². The molecule has 3 fully saturated rings. The van der Waals surface area contributed by atoms with E-state index in [9.17, 15) is 18.3 Å². The molecule has 0 radical (unpaired) electrons. The van der Waals surface area contributed by atoms with E-state index in [1.165, 1.54) is 18.2 Å². The Labute approximate surface area is 210 Å². The zero-order valence-corrected chi connectivity index (χ0v) is 20.9. The molecule has 3 atom stereocenters. The number of nitrogens with zero attached hydrogens (tertiary/aromatic N) is 2. The summed E-state index contributed by atoms with van der Waals surface area (Å²) >= 11 is 1.98. The first-order valence-electron chi connectivity index (χ1n) is 11.3.